The number of nitrogens with two attached hydrogens (primary N) is 1. The molecule has 4 nitrogen and oxygen atoms in total. The number of methoxy groups -OCH3 is 1. The van der Waals surface area contributed by atoms with Gasteiger partial charge in [0.25, 0.3) is 0 Å². The highest BCUT2D eigenvalue weighted by Crippen LogP contribution is 2.32. The molecule has 108 valence electrons. The first-order valence-electron chi connectivity index (χ1n) is 7.14. The third-order valence-corrected chi connectivity index (χ3v) is 3.40. The Bertz CT molecular complexity index is 549. The number of nitrogens with zero attached hydrogens (tertiary/aromatic N) is 1. The molecule has 0 aliphatic carbocycles. The maximum Gasteiger partial charge on any atom is 0.175 e. The molecule has 2 rings (SSSR count). The van der Waals surface area contributed by atoms with Gasteiger partial charge in [0.15, 0.2) is 5.82 Å². The lowest BCUT2D eigenvalue weighted by atomic mass is 10.0. The fourth-order valence-electron chi connectivity index (χ4n) is 2.31. The number of aryl methyl sites for hydroxylation is 1. The van der Waals surface area contributed by atoms with Gasteiger partial charge < -0.3 is 15.0 Å². The number of anilines is 1. The van der Waals surface area contributed by atoms with Crippen LogP contribution in [0.1, 0.15) is 38.4 Å². The summed E-state index contributed by atoms with van der Waals surface area (Å²) in [5, 5.41) is 3.91. The van der Waals surface area contributed by atoms with Gasteiger partial charge in [0, 0.05) is 6.42 Å². The van der Waals surface area contributed by atoms with Gasteiger partial charge in [-0.3, -0.25) is 0 Å². The topological polar surface area (TPSA) is 61.3 Å². The molecule has 0 radical (unpaired) electrons. The van der Waals surface area contributed by atoms with Crippen molar-refractivity contribution >= 4 is 5.82 Å². The van der Waals surface area contributed by atoms with Crippen LogP contribution in [-0.2, 0) is 6.42 Å². The number of hydrogen-bond donors (Lipinski definition) is 1. The highest BCUT2D eigenvalue weighted by atomic mass is 16.5. The third-order valence-electron chi connectivity index (χ3n) is 3.40. The molecule has 0 spiro atoms. The maximum atomic E-state index is 5.95. The summed E-state index contributed by atoms with van der Waals surface area (Å²) in [7, 11) is 1.65. The first-order chi connectivity index (χ1) is 9.76. The molecule has 2 N–H and O–H groups in total. The largest absolute Gasteiger partial charge is 0.497 e. The Labute approximate surface area is 119 Å². The van der Waals surface area contributed by atoms with Gasteiger partial charge in [-0.25, -0.2) is 0 Å². The molecule has 0 amide bonds. The molecule has 0 fully saturated rings. The van der Waals surface area contributed by atoms with Crippen molar-refractivity contribution in [3.63, 3.8) is 0 Å². The van der Waals surface area contributed by atoms with E-state index in [-0.39, 0.29) is 0 Å². The van der Waals surface area contributed by atoms with E-state index in [2.05, 4.69) is 12.1 Å². The molecule has 1 heterocycles. The van der Waals surface area contributed by atoms with Crippen LogP contribution in [0.25, 0.3) is 11.1 Å². The fourth-order valence-corrected chi connectivity index (χ4v) is 2.31. The van der Waals surface area contributed by atoms with Crippen LogP contribution < -0.4 is 10.5 Å². The summed E-state index contributed by atoms with van der Waals surface area (Å²) in [4.78, 5) is 0. The van der Waals surface area contributed by atoms with Gasteiger partial charge in [-0.2, -0.15) is 0 Å². The van der Waals surface area contributed by atoms with E-state index in [1.165, 1.54) is 19.3 Å². The normalized spacial score (nSPS) is 10.7. The fraction of sp³-hybridized carbons (Fsp3) is 0.438. The third kappa shape index (κ3) is 3.32. The smallest absolute Gasteiger partial charge is 0.175 e. The molecule has 4 heteroatoms. The average molecular weight is 274 g/mol. The Balaban J connectivity index is 2.19. The van der Waals surface area contributed by atoms with Crippen molar-refractivity contribution in [1.29, 1.82) is 0 Å². The molecule has 0 aliphatic heterocycles. The average Bonchev–Trinajstić information content (AvgIpc) is 2.84. The molecule has 0 saturated heterocycles. The predicted molar refractivity (Wildman–Crippen MR) is 80.7 cm³/mol. The summed E-state index contributed by atoms with van der Waals surface area (Å²) in [6.45, 7) is 2.20. The molecular weight excluding hydrogens is 252 g/mol. The summed E-state index contributed by atoms with van der Waals surface area (Å²) in [5.41, 5.74) is 7.85. The van der Waals surface area contributed by atoms with Crippen LogP contribution in [0.5, 0.6) is 5.75 Å². The van der Waals surface area contributed by atoms with Gasteiger partial charge in [0.1, 0.15) is 11.5 Å². The van der Waals surface area contributed by atoms with Crippen LogP contribution in [0.2, 0.25) is 0 Å². The van der Waals surface area contributed by atoms with Crippen molar-refractivity contribution in [2.45, 2.75) is 39.0 Å². The summed E-state index contributed by atoms with van der Waals surface area (Å²) >= 11 is 0. The highest BCUT2D eigenvalue weighted by Gasteiger charge is 2.15. The van der Waals surface area contributed by atoms with Gasteiger partial charge in [0.05, 0.1) is 12.7 Å². The molecule has 1 aromatic carbocycles. The van der Waals surface area contributed by atoms with Crippen molar-refractivity contribution in [2.75, 3.05) is 12.8 Å². The lowest BCUT2D eigenvalue weighted by Gasteiger charge is -2.05. The Kier molecular flexibility index (Phi) is 5.04. The van der Waals surface area contributed by atoms with Crippen molar-refractivity contribution in [2.24, 2.45) is 0 Å². The molecule has 2 aromatic rings. The van der Waals surface area contributed by atoms with Crippen LogP contribution in [0.4, 0.5) is 5.82 Å². The minimum Gasteiger partial charge on any atom is -0.497 e. The number of ether oxygens (including phenoxy) is 1. The van der Waals surface area contributed by atoms with Crippen molar-refractivity contribution in [1.82, 2.24) is 5.16 Å². The number of benzene rings is 1. The summed E-state index contributed by atoms with van der Waals surface area (Å²) in [6.07, 6.45) is 5.64. The van der Waals surface area contributed by atoms with E-state index in [0.29, 0.717) is 5.82 Å². The predicted octanol–water partition coefficient (Wildman–Crippen LogP) is 4.06. The quantitative estimate of drug-likeness (QED) is 0.773. The monoisotopic (exact) mass is 274 g/mol. The van der Waals surface area contributed by atoms with Crippen LogP contribution in [0, 0.1) is 0 Å². The van der Waals surface area contributed by atoms with E-state index in [9.17, 15) is 0 Å². The lowest BCUT2D eigenvalue weighted by Crippen LogP contribution is -1.92. The summed E-state index contributed by atoms with van der Waals surface area (Å²) in [6, 6.07) is 7.81. The van der Waals surface area contributed by atoms with Gasteiger partial charge in [0.2, 0.25) is 0 Å². The van der Waals surface area contributed by atoms with Crippen LogP contribution >= 0.6 is 0 Å². The minimum absolute atomic E-state index is 0.448. The Hall–Kier alpha value is -1.97. The second-order valence-corrected chi connectivity index (χ2v) is 4.91. The van der Waals surface area contributed by atoms with E-state index >= 15 is 0 Å². The highest BCUT2D eigenvalue weighted by molar-refractivity contribution is 5.76. The van der Waals surface area contributed by atoms with E-state index in [1.807, 2.05) is 24.3 Å². The van der Waals surface area contributed by atoms with Crippen LogP contribution in [0.15, 0.2) is 28.8 Å². The molecule has 0 atom stereocenters. The van der Waals surface area contributed by atoms with E-state index < -0.39 is 0 Å². The molecule has 20 heavy (non-hydrogen) atoms. The molecule has 0 aliphatic rings. The van der Waals surface area contributed by atoms with E-state index in [1.54, 1.807) is 7.11 Å². The standard InChI is InChI=1S/C16H22N2O2/c1-3-4-5-6-10-14-15(16(17)18-20-14)12-8-7-9-13(11-12)19-2/h7-9,11H,3-6,10H2,1-2H3,(H2,17,18). The van der Waals surface area contributed by atoms with Crippen molar-refractivity contribution < 1.29 is 9.26 Å². The second kappa shape index (κ2) is 6.98. The van der Waals surface area contributed by atoms with Gasteiger partial charge in [-0.15, -0.1) is 0 Å². The first-order valence-corrected chi connectivity index (χ1v) is 7.14. The Morgan fingerprint density at radius 1 is 1.25 bits per heavy atom. The zero-order chi connectivity index (χ0) is 14.4. The van der Waals surface area contributed by atoms with E-state index in [0.717, 1.165) is 35.5 Å². The summed E-state index contributed by atoms with van der Waals surface area (Å²) in [5.74, 6) is 2.12. The minimum atomic E-state index is 0.448. The number of unbranched alkanes of at least 4 members (excludes halogenated alkanes) is 3. The van der Waals surface area contributed by atoms with Gasteiger partial charge >= 0.3 is 0 Å². The molecule has 1 aromatic heterocycles. The number of rotatable bonds is 7. The number of aromatic nitrogens is 1. The molecule has 0 bridgehead atoms. The zero-order valence-electron chi connectivity index (χ0n) is 12.2. The summed E-state index contributed by atoms with van der Waals surface area (Å²) < 4.78 is 10.6. The lowest BCUT2D eigenvalue weighted by molar-refractivity contribution is 0.382. The molecular formula is C16H22N2O2. The zero-order valence-corrected chi connectivity index (χ0v) is 12.2. The molecule has 0 saturated carbocycles. The van der Waals surface area contributed by atoms with Crippen LogP contribution in [0.3, 0.4) is 0 Å². The SMILES string of the molecule is CCCCCCc1onc(N)c1-c1cccc(OC)c1. The number of nitrogen functional groups attached to an aromatic ring is 1. The van der Waals surface area contributed by atoms with E-state index in [4.69, 9.17) is 15.0 Å². The van der Waals surface area contributed by atoms with Gasteiger partial charge in [-0.1, -0.05) is 43.5 Å². The Morgan fingerprint density at radius 3 is 2.85 bits per heavy atom. The maximum absolute atomic E-state index is 5.95. The second-order valence-electron chi connectivity index (χ2n) is 4.91. The van der Waals surface area contributed by atoms with Crippen molar-refractivity contribution in [3.8, 4) is 16.9 Å². The first kappa shape index (κ1) is 14.4. The number of hydrogen-bond acceptors (Lipinski definition) is 4. The van der Waals surface area contributed by atoms with Gasteiger partial charge in [-0.05, 0) is 24.1 Å². The van der Waals surface area contributed by atoms with Crippen molar-refractivity contribution in [3.05, 3.63) is 30.0 Å². The molecule has 0 unspecified atom stereocenters. The van der Waals surface area contributed by atoms with Crippen LogP contribution in [-0.4, -0.2) is 12.3 Å². The Morgan fingerprint density at radius 2 is 2.10 bits per heavy atom.